The summed E-state index contributed by atoms with van der Waals surface area (Å²) in [6.45, 7) is 3.97. The van der Waals surface area contributed by atoms with E-state index in [0.29, 0.717) is 34.9 Å². The standard InChI is InChI=1S/C39H39N2O4PS2.BH3/c1-39(2,28-27-30-23-25-31(45-3)26-24-30)47(42)40-38-35-21-13-14-22-36(35)41(48(43,44)34-19-11-6-12-20-34)37(38)29-46(32-15-7-4-8-16-32)33-17-9-5-10-18-33;/h4-26,40H,27-29H2,1-3H3;1H3. The van der Waals surface area contributed by atoms with E-state index < -0.39 is 34.1 Å². The molecule has 1 unspecified atom stereocenters. The number of aromatic nitrogens is 1. The molecule has 6 nitrogen and oxygen atoms in total. The van der Waals surface area contributed by atoms with Crippen molar-refractivity contribution in [3.8, 4) is 5.75 Å². The van der Waals surface area contributed by atoms with Crippen LogP contribution >= 0.6 is 7.92 Å². The fourth-order valence-electron chi connectivity index (χ4n) is 5.75. The minimum absolute atomic E-state index is 0. The molecule has 49 heavy (non-hydrogen) atoms. The van der Waals surface area contributed by atoms with Crippen molar-refractivity contribution in [2.24, 2.45) is 0 Å². The largest absolute Gasteiger partial charge is 0.593 e. The van der Waals surface area contributed by atoms with Crippen molar-refractivity contribution < 1.29 is 17.7 Å². The van der Waals surface area contributed by atoms with Crippen LogP contribution in [0.2, 0.25) is 0 Å². The van der Waals surface area contributed by atoms with Gasteiger partial charge in [-0.25, -0.2) is 17.1 Å². The van der Waals surface area contributed by atoms with E-state index in [1.807, 2.05) is 105 Å². The minimum atomic E-state index is -4.03. The second-order valence-corrected chi connectivity index (χ2v) is 18.0. The number of nitrogens with zero attached hydrogens (tertiary/aromatic N) is 1. The van der Waals surface area contributed by atoms with Gasteiger partial charge in [-0.3, -0.25) is 0 Å². The first kappa shape index (κ1) is 36.3. The van der Waals surface area contributed by atoms with E-state index >= 15 is 0 Å². The number of hydrogen-bond acceptors (Lipinski definition) is 5. The van der Waals surface area contributed by atoms with E-state index in [2.05, 4.69) is 29.0 Å². The van der Waals surface area contributed by atoms with Gasteiger partial charge in [0.25, 0.3) is 10.0 Å². The van der Waals surface area contributed by atoms with E-state index in [4.69, 9.17) is 4.74 Å². The van der Waals surface area contributed by atoms with Crippen molar-refractivity contribution in [3.63, 3.8) is 0 Å². The van der Waals surface area contributed by atoms with Gasteiger partial charge in [0, 0.05) is 18.0 Å². The zero-order chi connectivity index (χ0) is 33.7. The first-order chi connectivity index (χ1) is 23.2. The Labute approximate surface area is 296 Å². The summed E-state index contributed by atoms with van der Waals surface area (Å²) in [6, 6.07) is 44.4. The van der Waals surface area contributed by atoms with Gasteiger partial charge < -0.3 is 9.29 Å². The summed E-state index contributed by atoms with van der Waals surface area (Å²) >= 11 is -1.56. The summed E-state index contributed by atoms with van der Waals surface area (Å²) in [7, 11) is -3.43. The summed E-state index contributed by atoms with van der Waals surface area (Å²) in [6.07, 6.45) is 1.79. The molecule has 0 aliphatic heterocycles. The number of para-hydroxylation sites is 1. The van der Waals surface area contributed by atoms with E-state index in [-0.39, 0.29) is 13.3 Å². The first-order valence-corrected chi connectivity index (χ1v) is 19.9. The molecule has 0 radical (unpaired) electrons. The smallest absolute Gasteiger partial charge is 0.268 e. The molecule has 1 atom stereocenters. The molecule has 6 rings (SSSR count). The SMILES string of the molecule is B.COc1ccc(CCC(C)(C)[S+]([O-])Nc2c(CP(c3ccccc3)c3ccccc3)n(S(=O)(=O)c3ccccc3)c3ccccc23)cc1. The molecule has 5 aromatic carbocycles. The Morgan fingerprint density at radius 1 is 0.776 bits per heavy atom. The average molecular weight is 709 g/mol. The quantitative estimate of drug-likeness (QED) is 0.0809. The maximum absolute atomic E-state index is 14.6. The number of hydrogen-bond donors (Lipinski definition) is 1. The highest BCUT2D eigenvalue weighted by Gasteiger charge is 2.36. The van der Waals surface area contributed by atoms with Crippen LogP contribution in [0, 0.1) is 0 Å². The van der Waals surface area contributed by atoms with Gasteiger partial charge in [0.2, 0.25) is 0 Å². The normalized spacial score (nSPS) is 12.4. The molecule has 252 valence electrons. The zero-order valence-corrected chi connectivity index (χ0v) is 29.8. The Morgan fingerprint density at radius 3 is 1.88 bits per heavy atom. The summed E-state index contributed by atoms with van der Waals surface area (Å²) in [5, 5.41) is 2.96. The Bertz CT molecular complexity index is 2040. The number of methoxy groups -OCH3 is 1. The molecule has 0 saturated heterocycles. The van der Waals surface area contributed by atoms with Gasteiger partial charge >= 0.3 is 0 Å². The second-order valence-electron chi connectivity index (χ2n) is 12.2. The summed E-state index contributed by atoms with van der Waals surface area (Å²) in [5.74, 6) is 0.795. The summed E-state index contributed by atoms with van der Waals surface area (Å²) in [4.78, 5) is 0.197. The molecule has 0 fully saturated rings. The van der Waals surface area contributed by atoms with E-state index in [1.54, 1.807) is 31.4 Å². The highest BCUT2D eigenvalue weighted by molar-refractivity contribution is 7.94. The molecule has 0 saturated carbocycles. The molecule has 1 heterocycles. The fourth-order valence-corrected chi connectivity index (χ4v) is 10.7. The van der Waals surface area contributed by atoms with Crippen LogP contribution in [-0.2, 0) is 34.0 Å². The third-order valence-electron chi connectivity index (χ3n) is 8.52. The van der Waals surface area contributed by atoms with Crippen molar-refractivity contribution in [1.82, 2.24) is 3.97 Å². The number of rotatable bonds is 13. The van der Waals surface area contributed by atoms with Gasteiger partial charge in [-0.05, 0) is 74.7 Å². The molecular weight excluding hydrogens is 666 g/mol. The average Bonchev–Trinajstić information content (AvgIpc) is 3.44. The summed E-state index contributed by atoms with van der Waals surface area (Å²) < 4.78 is 53.0. The van der Waals surface area contributed by atoms with Crippen molar-refractivity contribution in [3.05, 3.63) is 151 Å². The lowest BCUT2D eigenvalue weighted by Crippen LogP contribution is -2.37. The number of fused-ring (bicyclic) bond motifs is 1. The lowest BCUT2D eigenvalue weighted by molar-refractivity contribution is 0.414. The van der Waals surface area contributed by atoms with Crippen molar-refractivity contribution in [2.45, 2.75) is 42.5 Å². The fraction of sp³-hybridized carbons (Fsp3) is 0.179. The molecular formula is C39H42BN2O4PS2. The van der Waals surface area contributed by atoms with Gasteiger partial charge in [0.1, 0.15) is 16.2 Å². The molecule has 1 aromatic heterocycles. The number of ether oxygens (including phenoxy) is 1. The third-order valence-corrected chi connectivity index (χ3v) is 14.3. The highest BCUT2D eigenvalue weighted by atomic mass is 32.2. The molecule has 1 N–H and O–H groups in total. The van der Waals surface area contributed by atoms with Crippen LogP contribution in [-0.4, -0.2) is 37.2 Å². The van der Waals surface area contributed by atoms with E-state index in [9.17, 15) is 13.0 Å². The summed E-state index contributed by atoms with van der Waals surface area (Å²) in [5.41, 5.74) is 2.84. The van der Waals surface area contributed by atoms with E-state index in [0.717, 1.165) is 28.3 Å². The number of nitrogens with one attached hydrogen (secondary N) is 1. The predicted molar refractivity (Wildman–Crippen MR) is 211 cm³/mol. The van der Waals surface area contributed by atoms with Crippen LogP contribution in [0.3, 0.4) is 0 Å². The maximum Gasteiger partial charge on any atom is 0.268 e. The van der Waals surface area contributed by atoms with Crippen LogP contribution in [0.5, 0.6) is 5.75 Å². The van der Waals surface area contributed by atoms with Crippen LogP contribution in [0.4, 0.5) is 5.69 Å². The third kappa shape index (κ3) is 7.92. The molecule has 0 aliphatic rings. The highest BCUT2D eigenvalue weighted by Crippen LogP contribution is 2.45. The van der Waals surface area contributed by atoms with Gasteiger partial charge in [-0.2, -0.15) is 0 Å². The lowest BCUT2D eigenvalue weighted by Gasteiger charge is -2.29. The minimum Gasteiger partial charge on any atom is -0.593 e. The molecule has 0 spiro atoms. The zero-order valence-electron chi connectivity index (χ0n) is 27.2. The molecule has 0 amide bonds. The maximum atomic E-state index is 14.6. The van der Waals surface area contributed by atoms with E-state index in [1.165, 1.54) is 3.97 Å². The van der Waals surface area contributed by atoms with Crippen LogP contribution in [0.15, 0.2) is 144 Å². The molecule has 10 heteroatoms. The number of aryl methyl sites for hydroxylation is 1. The molecule has 0 aliphatic carbocycles. The Kier molecular flexibility index (Phi) is 11.6. The van der Waals surface area contributed by atoms with Gasteiger partial charge in [-0.1, -0.05) is 109 Å². The van der Waals surface area contributed by atoms with Gasteiger partial charge in [0.15, 0.2) is 0 Å². The monoisotopic (exact) mass is 708 g/mol. The Hall–Kier alpha value is -4.01. The van der Waals surface area contributed by atoms with Crippen molar-refractivity contribution in [2.75, 3.05) is 11.8 Å². The van der Waals surface area contributed by atoms with Crippen molar-refractivity contribution in [1.29, 1.82) is 0 Å². The lowest BCUT2D eigenvalue weighted by atomic mass is 10.0. The number of benzene rings is 5. The second kappa shape index (κ2) is 15.7. The van der Waals surface area contributed by atoms with Crippen LogP contribution < -0.4 is 20.1 Å². The topological polar surface area (TPSA) is 83.4 Å². The number of anilines is 1. The van der Waals surface area contributed by atoms with Crippen LogP contribution in [0.1, 0.15) is 31.5 Å². The molecule has 6 aromatic rings. The molecule has 0 bridgehead atoms. The first-order valence-electron chi connectivity index (χ1n) is 15.8. The Morgan fingerprint density at radius 2 is 1.31 bits per heavy atom. The predicted octanol–water partition coefficient (Wildman–Crippen LogP) is 6.82. The van der Waals surface area contributed by atoms with Gasteiger partial charge in [0.05, 0.1) is 43.0 Å². The van der Waals surface area contributed by atoms with Crippen molar-refractivity contribution >= 4 is 64.9 Å². The van der Waals surface area contributed by atoms with Crippen LogP contribution in [0.25, 0.3) is 10.9 Å². The van der Waals surface area contributed by atoms with Gasteiger partial charge in [-0.15, -0.1) is 0 Å². The Balaban J connectivity index is 0.00000468.